The molecule has 0 amide bonds. The van der Waals surface area contributed by atoms with E-state index in [4.69, 9.17) is 10.2 Å². The van der Waals surface area contributed by atoms with Crippen molar-refractivity contribution in [2.24, 2.45) is 0 Å². The van der Waals surface area contributed by atoms with Gasteiger partial charge in [0.25, 0.3) is 0 Å². The third kappa shape index (κ3) is 1.82. The predicted molar refractivity (Wildman–Crippen MR) is 69.1 cm³/mol. The van der Waals surface area contributed by atoms with Gasteiger partial charge in [-0.05, 0) is 26.0 Å². The van der Waals surface area contributed by atoms with Gasteiger partial charge in [-0.2, -0.15) is 0 Å². The van der Waals surface area contributed by atoms with E-state index in [1.165, 1.54) is 10.6 Å². The van der Waals surface area contributed by atoms with Crippen LogP contribution in [0.4, 0.5) is 14.7 Å². The van der Waals surface area contributed by atoms with Crippen LogP contribution in [0.2, 0.25) is 0 Å². The Morgan fingerprint density at radius 1 is 1.25 bits per heavy atom. The molecule has 20 heavy (non-hydrogen) atoms. The van der Waals surface area contributed by atoms with Crippen LogP contribution in [0.1, 0.15) is 17.3 Å². The summed E-state index contributed by atoms with van der Waals surface area (Å²) in [6.45, 7) is 3.68. The molecule has 0 aliphatic heterocycles. The number of nitrogen functional groups attached to an aromatic ring is 1. The molecule has 2 aromatic heterocycles. The fourth-order valence-corrected chi connectivity index (χ4v) is 2.08. The van der Waals surface area contributed by atoms with Gasteiger partial charge in [-0.25, -0.2) is 18.7 Å². The van der Waals surface area contributed by atoms with E-state index in [0.717, 1.165) is 11.8 Å². The number of nitrogens with zero attached hydrogens (tertiary/aromatic N) is 3. The van der Waals surface area contributed by atoms with Gasteiger partial charge in [0.1, 0.15) is 17.8 Å². The quantitative estimate of drug-likeness (QED) is 0.782. The lowest BCUT2D eigenvalue weighted by Gasteiger charge is -2.04. The van der Waals surface area contributed by atoms with Crippen molar-refractivity contribution < 1.29 is 13.2 Å². The largest absolute Gasteiger partial charge is 0.444 e. The zero-order valence-electron chi connectivity index (χ0n) is 10.9. The van der Waals surface area contributed by atoms with Gasteiger partial charge in [-0.1, -0.05) is 0 Å². The molecule has 0 bridgehead atoms. The summed E-state index contributed by atoms with van der Waals surface area (Å²) in [5.74, 6) is -0.799. The summed E-state index contributed by atoms with van der Waals surface area (Å²) < 4.78 is 34.0. The summed E-state index contributed by atoms with van der Waals surface area (Å²) >= 11 is 0. The van der Waals surface area contributed by atoms with Crippen LogP contribution < -0.4 is 5.73 Å². The van der Waals surface area contributed by atoms with E-state index in [0.29, 0.717) is 17.2 Å². The van der Waals surface area contributed by atoms with Gasteiger partial charge in [0.2, 0.25) is 11.8 Å². The molecule has 0 saturated heterocycles. The molecule has 3 rings (SSSR count). The first-order valence-corrected chi connectivity index (χ1v) is 6.00. The number of rotatable bonds is 2. The fraction of sp³-hybridized carbons (Fsp3) is 0.231. The number of hydrogen-bond acceptors (Lipinski definition) is 4. The molecule has 0 spiro atoms. The van der Waals surface area contributed by atoms with Crippen molar-refractivity contribution in [2.45, 2.75) is 20.4 Å². The average Bonchev–Trinajstić information content (AvgIpc) is 2.87. The highest BCUT2D eigenvalue weighted by Crippen LogP contribution is 2.24. The van der Waals surface area contributed by atoms with Gasteiger partial charge in [0, 0.05) is 0 Å². The van der Waals surface area contributed by atoms with Gasteiger partial charge >= 0.3 is 0 Å². The molecular formula is C13H12F2N4O. The summed E-state index contributed by atoms with van der Waals surface area (Å²) in [7, 11) is 0. The molecule has 2 heterocycles. The number of anilines is 1. The number of aryl methyl sites for hydroxylation is 2. The van der Waals surface area contributed by atoms with Crippen molar-refractivity contribution in [3.63, 3.8) is 0 Å². The van der Waals surface area contributed by atoms with E-state index < -0.39 is 11.6 Å². The number of nitrogens with two attached hydrogens (primary N) is 1. The van der Waals surface area contributed by atoms with Crippen molar-refractivity contribution in [1.82, 2.24) is 14.5 Å². The van der Waals surface area contributed by atoms with Gasteiger partial charge in [0.15, 0.2) is 11.6 Å². The second-order valence-electron chi connectivity index (χ2n) is 4.53. The van der Waals surface area contributed by atoms with Crippen molar-refractivity contribution in [3.05, 3.63) is 41.1 Å². The molecule has 3 aromatic rings. The Labute approximate surface area is 113 Å². The Kier molecular flexibility index (Phi) is 2.70. The van der Waals surface area contributed by atoms with Crippen LogP contribution in [0.25, 0.3) is 11.0 Å². The number of oxazole rings is 1. The summed E-state index contributed by atoms with van der Waals surface area (Å²) in [5.41, 5.74) is 6.81. The van der Waals surface area contributed by atoms with Crippen molar-refractivity contribution in [3.8, 4) is 0 Å². The molecule has 2 N–H and O–H groups in total. The zero-order valence-corrected chi connectivity index (χ0v) is 10.9. The molecule has 0 aliphatic carbocycles. The van der Waals surface area contributed by atoms with E-state index in [1.54, 1.807) is 13.8 Å². The Balaban J connectivity index is 2.15. The van der Waals surface area contributed by atoms with Crippen LogP contribution in [-0.2, 0) is 6.54 Å². The van der Waals surface area contributed by atoms with E-state index in [-0.39, 0.29) is 18.0 Å². The Hall–Kier alpha value is -2.44. The summed E-state index contributed by atoms with van der Waals surface area (Å²) in [4.78, 5) is 8.20. The van der Waals surface area contributed by atoms with E-state index in [2.05, 4.69) is 9.97 Å². The Bertz CT molecular complexity index is 787. The SMILES string of the molecule is Cc1nc(Cn2c(N)nc3ccc(F)c(F)c32)oc1C. The first-order valence-electron chi connectivity index (χ1n) is 6.00. The van der Waals surface area contributed by atoms with Crippen LogP contribution in [0.3, 0.4) is 0 Å². The molecule has 7 heteroatoms. The van der Waals surface area contributed by atoms with Crippen LogP contribution >= 0.6 is 0 Å². The van der Waals surface area contributed by atoms with Gasteiger partial charge in [-0.3, -0.25) is 4.57 Å². The Morgan fingerprint density at radius 2 is 2.00 bits per heavy atom. The molecule has 0 fully saturated rings. The van der Waals surface area contributed by atoms with E-state index >= 15 is 0 Å². The van der Waals surface area contributed by atoms with Gasteiger partial charge in [-0.15, -0.1) is 0 Å². The summed E-state index contributed by atoms with van der Waals surface area (Å²) in [5, 5.41) is 0. The number of aromatic nitrogens is 3. The minimum absolute atomic E-state index is 0.0102. The molecule has 0 aliphatic rings. The topological polar surface area (TPSA) is 69.9 Å². The van der Waals surface area contributed by atoms with Gasteiger partial charge < -0.3 is 10.2 Å². The first-order chi connectivity index (χ1) is 9.47. The van der Waals surface area contributed by atoms with Gasteiger partial charge in [0.05, 0.1) is 11.2 Å². The fourth-order valence-electron chi connectivity index (χ4n) is 2.08. The molecule has 0 atom stereocenters. The number of imidazole rings is 1. The predicted octanol–water partition coefficient (Wildman–Crippen LogP) is 2.55. The third-order valence-corrected chi connectivity index (χ3v) is 3.20. The normalized spacial score (nSPS) is 11.4. The molecule has 0 radical (unpaired) electrons. The lowest BCUT2D eigenvalue weighted by molar-refractivity contribution is 0.457. The first kappa shape index (κ1) is 12.6. The maximum atomic E-state index is 13.9. The maximum Gasteiger partial charge on any atom is 0.214 e. The second-order valence-corrected chi connectivity index (χ2v) is 4.53. The van der Waals surface area contributed by atoms with E-state index in [1.807, 2.05) is 0 Å². The highest BCUT2D eigenvalue weighted by Gasteiger charge is 2.18. The highest BCUT2D eigenvalue weighted by atomic mass is 19.2. The smallest absolute Gasteiger partial charge is 0.214 e. The lowest BCUT2D eigenvalue weighted by atomic mass is 10.3. The Morgan fingerprint density at radius 3 is 2.65 bits per heavy atom. The highest BCUT2D eigenvalue weighted by molar-refractivity contribution is 5.79. The summed E-state index contributed by atoms with van der Waals surface area (Å²) in [6.07, 6.45) is 0. The molecule has 0 unspecified atom stereocenters. The molecule has 5 nitrogen and oxygen atoms in total. The monoisotopic (exact) mass is 278 g/mol. The van der Waals surface area contributed by atoms with Crippen molar-refractivity contribution in [1.29, 1.82) is 0 Å². The zero-order chi connectivity index (χ0) is 14.4. The maximum absolute atomic E-state index is 13.9. The standard InChI is InChI=1S/C13H12F2N4O/c1-6-7(2)20-10(17-6)5-19-12-9(18-13(19)16)4-3-8(14)11(12)15/h3-4H,5H2,1-2H3,(H2,16,18). The molecule has 0 saturated carbocycles. The van der Waals surface area contributed by atoms with E-state index in [9.17, 15) is 8.78 Å². The van der Waals surface area contributed by atoms with Crippen LogP contribution in [0.5, 0.6) is 0 Å². The molecule has 104 valence electrons. The third-order valence-electron chi connectivity index (χ3n) is 3.20. The second kappa shape index (κ2) is 4.29. The van der Waals surface area contributed by atoms with Crippen LogP contribution in [-0.4, -0.2) is 14.5 Å². The molecule has 1 aromatic carbocycles. The lowest BCUT2D eigenvalue weighted by Crippen LogP contribution is -2.06. The van der Waals surface area contributed by atoms with Crippen LogP contribution in [0.15, 0.2) is 16.5 Å². The molecular weight excluding hydrogens is 266 g/mol. The number of halogens is 2. The summed E-state index contributed by atoms with van der Waals surface area (Å²) in [6, 6.07) is 2.40. The van der Waals surface area contributed by atoms with Crippen molar-refractivity contribution in [2.75, 3.05) is 5.73 Å². The minimum atomic E-state index is -0.980. The number of fused-ring (bicyclic) bond motifs is 1. The number of benzene rings is 1. The number of hydrogen-bond donors (Lipinski definition) is 1. The average molecular weight is 278 g/mol. The minimum Gasteiger partial charge on any atom is -0.444 e. The van der Waals surface area contributed by atoms with Crippen molar-refractivity contribution >= 4 is 17.0 Å². The van der Waals surface area contributed by atoms with Crippen LogP contribution in [0, 0.1) is 25.5 Å².